The standard InChI is InChI=1S/C13H24O4/c1-10(11(14)17-12(2,3)4)13(15)6-5-8-16-9-7-13/h10,15H,5-9H2,1-4H3. The van der Waals surface area contributed by atoms with Crippen LogP contribution < -0.4 is 0 Å². The zero-order valence-corrected chi connectivity index (χ0v) is 11.3. The average molecular weight is 244 g/mol. The normalized spacial score (nSPS) is 28.3. The highest BCUT2D eigenvalue weighted by atomic mass is 16.6. The summed E-state index contributed by atoms with van der Waals surface area (Å²) in [6, 6.07) is 0. The number of ether oxygens (including phenoxy) is 2. The summed E-state index contributed by atoms with van der Waals surface area (Å²) >= 11 is 0. The predicted molar refractivity (Wildman–Crippen MR) is 64.6 cm³/mol. The van der Waals surface area contributed by atoms with Gasteiger partial charge in [-0.25, -0.2) is 0 Å². The van der Waals surface area contributed by atoms with E-state index < -0.39 is 17.1 Å². The Kier molecular flexibility index (Phi) is 4.55. The Bertz CT molecular complexity index is 259. The summed E-state index contributed by atoms with van der Waals surface area (Å²) in [6.07, 6.45) is 1.87. The van der Waals surface area contributed by atoms with Crippen molar-refractivity contribution in [3.63, 3.8) is 0 Å². The molecule has 4 nitrogen and oxygen atoms in total. The van der Waals surface area contributed by atoms with Crippen molar-refractivity contribution in [2.24, 2.45) is 5.92 Å². The van der Waals surface area contributed by atoms with E-state index in [0.29, 0.717) is 26.1 Å². The summed E-state index contributed by atoms with van der Waals surface area (Å²) in [5, 5.41) is 10.5. The van der Waals surface area contributed by atoms with Crippen LogP contribution in [0.5, 0.6) is 0 Å². The second kappa shape index (κ2) is 5.36. The molecule has 4 heteroatoms. The number of carbonyl (C=O) groups is 1. The Labute approximate surface area is 103 Å². The molecule has 0 aromatic heterocycles. The number of esters is 1. The van der Waals surface area contributed by atoms with Crippen LogP contribution in [0.3, 0.4) is 0 Å². The van der Waals surface area contributed by atoms with Crippen LogP contribution in [0.2, 0.25) is 0 Å². The number of hydrogen-bond donors (Lipinski definition) is 1. The van der Waals surface area contributed by atoms with Crippen molar-refractivity contribution in [3.05, 3.63) is 0 Å². The van der Waals surface area contributed by atoms with E-state index in [1.165, 1.54) is 0 Å². The topological polar surface area (TPSA) is 55.8 Å². The van der Waals surface area contributed by atoms with Gasteiger partial charge in [0.15, 0.2) is 0 Å². The van der Waals surface area contributed by atoms with E-state index in [1.54, 1.807) is 6.92 Å². The largest absolute Gasteiger partial charge is 0.460 e. The van der Waals surface area contributed by atoms with Crippen LogP contribution in [0, 0.1) is 5.92 Å². The number of rotatable bonds is 2. The minimum absolute atomic E-state index is 0.332. The van der Waals surface area contributed by atoms with Gasteiger partial charge in [-0.15, -0.1) is 0 Å². The first kappa shape index (κ1) is 14.5. The van der Waals surface area contributed by atoms with E-state index in [9.17, 15) is 9.90 Å². The third kappa shape index (κ3) is 4.28. The van der Waals surface area contributed by atoms with Gasteiger partial charge in [0.1, 0.15) is 5.60 Å². The number of aliphatic hydroxyl groups is 1. The molecule has 1 aliphatic rings. The molecule has 2 atom stereocenters. The first-order valence-corrected chi connectivity index (χ1v) is 6.28. The summed E-state index contributed by atoms with van der Waals surface area (Å²) in [4.78, 5) is 12.0. The van der Waals surface area contributed by atoms with Crippen LogP contribution in [0.4, 0.5) is 0 Å². The maximum atomic E-state index is 12.0. The van der Waals surface area contributed by atoms with E-state index in [0.717, 1.165) is 6.42 Å². The lowest BCUT2D eigenvalue weighted by Gasteiger charge is -2.33. The van der Waals surface area contributed by atoms with Crippen LogP contribution >= 0.6 is 0 Å². The van der Waals surface area contributed by atoms with Gasteiger partial charge in [-0.2, -0.15) is 0 Å². The van der Waals surface area contributed by atoms with Crippen molar-refractivity contribution < 1.29 is 19.4 Å². The molecule has 1 rings (SSSR count). The lowest BCUT2D eigenvalue weighted by Crippen LogP contribution is -2.43. The van der Waals surface area contributed by atoms with Crippen LogP contribution in [0.15, 0.2) is 0 Å². The van der Waals surface area contributed by atoms with Crippen LogP contribution in [0.25, 0.3) is 0 Å². The van der Waals surface area contributed by atoms with Crippen molar-refractivity contribution >= 4 is 5.97 Å². The van der Waals surface area contributed by atoms with Crippen molar-refractivity contribution in [2.45, 2.75) is 58.2 Å². The van der Waals surface area contributed by atoms with Gasteiger partial charge in [0, 0.05) is 19.6 Å². The van der Waals surface area contributed by atoms with Gasteiger partial charge >= 0.3 is 5.97 Å². The molecule has 0 aromatic carbocycles. The zero-order valence-electron chi connectivity index (χ0n) is 11.3. The van der Waals surface area contributed by atoms with Gasteiger partial charge in [-0.05, 0) is 40.5 Å². The molecule has 0 radical (unpaired) electrons. The molecule has 2 unspecified atom stereocenters. The van der Waals surface area contributed by atoms with E-state index >= 15 is 0 Å². The second-order valence-electron chi connectivity index (χ2n) is 5.82. The molecule has 0 bridgehead atoms. The molecule has 100 valence electrons. The van der Waals surface area contributed by atoms with Crippen LogP contribution in [-0.2, 0) is 14.3 Å². The highest BCUT2D eigenvalue weighted by Gasteiger charge is 2.40. The van der Waals surface area contributed by atoms with Gasteiger partial charge in [0.2, 0.25) is 0 Å². The summed E-state index contributed by atoms with van der Waals surface area (Å²) in [7, 11) is 0. The maximum Gasteiger partial charge on any atom is 0.312 e. The SMILES string of the molecule is CC(C(=O)OC(C)(C)C)C1(O)CCCOCC1. The molecule has 0 aromatic rings. The van der Waals surface area contributed by atoms with Gasteiger partial charge < -0.3 is 14.6 Å². The van der Waals surface area contributed by atoms with E-state index in [1.807, 2.05) is 20.8 Å². The summed E-state index contributed by atoms with van der Waals surface area (Å²) in [5.74, 6) is -0.842. The van der Waals surface area contributed by atoms with Crippen molar-refractivity contribution in [1.82, 2.24) is 0 Å². The molecule has 17 heavy (non-hydrogen) atoms. The molecular weight excluding hydrogens is 220 g/mol. The molecule has 1 fully saturated rings. The average Bonchev–Trinajstić information content (AvgIpc) is 2.40. The summed E-state index contributed by atoms with van der Waals surface area (Å²) < 4.78 is 10.6. The minimum Gasteiger partial charge on any atom is -0.460 e. The van der Waals surface area contributed by atoms with Gasteiger partial charge in [0.05, 0.1) is 11.5 Å². The van der Waals surface area contributed by atoms with Gasteiger partial charge in [0.25, 0.3) is 0 Å². The fourth-order valence-corrected chi connectivity index (χ4v) is 2.00. The molecule has 0 spiro atoms. The van der Waals surface area contributed by atoms with E-state index in [-0.39, 0.29) is 5.97 Å². The zero-order chi connectivity index (χ0) is 13.1. The molecule has 0 amide bonds. The quantitative estimate of drug-likeness (QED) is 0.754. The highest BCUT2D eigenvalue weighted by Crippen LogP contribution is 2.31. The Hall–Kier alpha value is -0.610. The van der Waals surface area contributed by atoms with E-state index in [2.05, 4.69) is 0 Å². The Balaban J connectivity index is 2.66. The molecule has 1 saturated heterocycles. The van der Waals surface area contributed by atoms with Gasteiger partial charge in [-0.3, -0.25) is 4.79 Å². The van der Waals surface area contributed by atoms with Gasteiger partial charge in [-0.1, -0.05) is 0 Å². The third-order valence-electron chi connectivity index (χ3n) is 3.14. The monoisotopic (exact) mass is 244 g/mol. The predicted octanol–water partition coefficient (Wildman–Crippen LogP) is 1.90. The molecule has 0 aliphatic carbocycles. The minimum atomic E-state index is -0.987. The van der Waals surface area contributed by atoms with Crippen molar-refractivity contribution in [1.29, 1.82) is 0 Å². The smallest absolute Gasteiger partial charge is 0.312 e. The fourth-order valence-electron chi connectivity index (χ4n) is 2.00. The summed E-state index contributed by atoms with van der Waals surface area (Å²) in [5.41, 5.74) is -1.50. The first-order chi connectivity index (χ1) is 7.75. The number of hydrogen-bond acceptors (Lipinski definition) is 4. The Morgan fingerprint density at radius 1 is 1.35 bits per heavy atom. The third-order valence-corrected chi connectivity index (χ3v) is 3.14. The lowest BCUT2D eigenvalue weighted by molar-refractivity contribution is -0.169. The Morgan fingerprint density at radius 2 is 2.00 bits per heavy atom. The Morgan fingerprint density at radius 3 is 2.59 bits per heavy atom. The van der Waals surface area contributed by atoms with Crippen LogP contribution in [0.1, 0.15) is 47.0 Å². The van der Waals surface area contributed by atoms with E-state index in [4.69, 9.17) is 9.47 Å². The molecule has 1 aliphatic heterocycles. The molecule has 1 heterocycles. The maximum absolute atomic E-state index is 12.0. The lowest BCUT2D eigenvalue weighted by atomic mass is 9.82. The van der Waals surface area contributed by atoms with Crippen molar-refractivity contribution in [3.8, 4) is 0 Å². The molecule has 0 saturated carbocycles. The summed E-state index contributed by atoms with van der Waals surface area (Å²) in [6.45, 7) is 8.39. The van der Waals surface area contributed by atoms with Crippen LogP contribution in [-0.4, -0.2) is 35.5 Å². The second-order valence-corrected chi connectivity index (χ2v) is 5.82. The van der Waals surface area contributed by atoms with Crippen molar-refractivity contribution in [2.75, 3.05) is 13.2 Å². The first-order valence-electron chi connectivity index (χ1n) is 6.28. The molecular formula is C13H24O4. The fraction of sp³-hybridized carbons (Fsp3) is 0.923. The number of carbonyl (C=O) groups excluding carboxylic acids is 1. The molecule has 1 N–H and O–H groups in total. The highest BCUT2D eigenvalue weighted by molar-refractivity contribution is 5.73.